The highest BCUT2D eigenvalue weighted by molar-refractivity contribution is 7.99. The SMILES string of the molecule is C1=C(c2ccccc2)O[C@H]2[C@H](OCc3ccccc3)[C@H](OCc3ccccc3)[C@@H](Sc3ccccc3)O[C@@H]2C1. The van der Waals surface area contributed by atoms with Crippen molar-refractivity contribution in [1.29, 1.82) is 0 Å². The minimum absolute atomic E-state index is 0.143. The van der Waals surface area contributed by atoms with Gasteiger partial charge in [-0.05, 0) is 35.8 Å². The van der Waals surface area contributed by atoms with Gasteiger partial charge in [-0.1, -0.05) is 121 Å². The molecule has 198 valence electrons. The summed E-state index contributed by atoms with van der Waals surface area (Å²) in [5.74, 6) is 0.865. The predicted octanol–water partition coefficient (Wildman–Crippen LogP) is 7.50. The number of ether oxygens (including phenoxy) is 4. The smallest absolute Gasteiger partial charge is 0.154 e. The summed E-state index contributed by atoms with van der Waals surface area (Å²) in [6.45, 7) is 0.932. The second-order valence-corrected chi connectivity index (χ2v) is 10.9. The first-order chi connectivity index (χ1) is 19.3. The summed E-state index contributed by atoms with van der Waals surface area (Å²) >= 11 is 1.68. The van der Waals surface area contributed by atoms with Crippen molar-refractivity contribution in [3.63, 3.8) is 0 Å². The van der Waals surface area contributed by atoms with E-state index in [2.05, 4.69) is 66.7 Å². The Hall–Kier alpha value is -3.35. The fourth-order valence-electron chi connectivity index (χ4n) is 5.04. The molecule has 0 aromatic heterocycles. The van der Waals surface area contributed by atoms with E-state index >= 15 is 0 Å². The maximum atomic E-state index is 6.75. The van der Waals surface area contributed by atoms with Crippen molar-refractivity contribution in [2.24, 2.45) is 0 Å². The van der Waals surface area contributed by atoms with Crippen LogP contribution in [0.4, 0.5) is 0 Å². The molecule has 5 heteroatoms. The molecule has 0 bridgehead atoms. The third-order valence-electron chi connectivity index (χ3n) is 7.01. The van der Waals surface area contributed by atoms with E-state index in [0.29, 0.717) is 13.2 Å². The third kappa shape index (κ3) is 6.45. The van der Waals surface area contributed by atoms with Gasteiger partial charge in [-0.3, -0.25) is 0 Å². The van der Waals surface area contributed by atoms with E-state index in [1.54, 1.807) is 11.8 Å². The van der Waals surface area contributed by atoms with Gasteiger partial charge in [0, 0.05) is 10.5 Å². The summed E-state index contributed by atoms with van der Waals surface area (Å²) in [5, 5.41) is 0. The number of fused-ring (bicyclic) bond motifs is 1. The van der Waals surface area contributed by atoms with Crippen LogP contribution >= 0.6 is 11.8 Å². The average Bonchev–Trinajstić information content (AvgIpc) is 3.01. The van der Waals surface area contributed by atoms with Crippen LogP contribution in [0, 0.1) is 0 Å². The first-order valence-corrected chi connectivity index (χ1v) is 14.3. The lowest BCUT2D eigenvalue weighted by Gasteiger charge is -2.47. The Morgan fingerprint density at radius 3 is 1.79 bits per heavy atom. The Morgan fingerprint density at radius 2 is 1.18 bits per heavy atom. The first kappa shape index (κ1) is 25.9. The van der Waals surface area contributed by atoms with Crippen LogP contribution in [0.2, 0.25) is 0 Å². The lowest BCUT2D eigenvalue weighted by atomic mass is 9.94. The van der Waals surface area contributed by atoms with Crippen molar-refractivity contribution in [2.45, 2.75) is 54.4 Å². The van der Waals surface area contributed by atoms with Gasteiger partial charge >= 0.3 is 0 Å². The van der Waals surface area contributed by atoms with E-state index < -0.39 is 0 Å². The van der Waals surface area contributed by atoms with Crippen LogP contribution in [0.1, 0.15) is 23.1 Å². The van der Waals surface area contributed by atoms with Gasteiger partial charge in [0.15, 0.2) is 6.10 Å². The predicted molar refractivity (Wildman–Crippen MR) is 155 cm³/mol. The molecule has 0 saturated carbocycles. The Labute approximate surface area is 234 Å². The number of benzene rings is 4. The van der Waals surface area contributed by atoms with Crippen LogP contribution in [0.3, 0.4) is 0 Å². The summed E-state index contributed by atoms with van der Waals surface area (Å²) in [4.78, 5) is 1.13. The molecule has 2 aliphatic rings. The van der Waals surface area contributed by atoms with Crippen LogP contribution in [-0.4, -0.2) is 29.9 Å². The molecule has 39 heavy (non-hydrogen) atoms. The molecule has 0 amide bonds. The molecule has 1 fully saturated rings. The molecule has 0 unspecified atom stereocenters. The van der Waals surface area contributed by atoms with Crippen molar-refractivity contribution in [2.75, 3.05) is 0 Å². The summed E-state index contributed by atoms with van der Waals surface area (Å²) in [6, 6.07) is 41.1. The summed E-state index contributed by atoms with van der Waals surface area (Å²) in [7, 11) is 0. The quantitative estimate of drug-likeness (QED) is 0.221. The van der Waals surface area contributed by atoms with Crippen molar-refractivity contribution in [1.82, 2.24) is 0 Å². The topological polar surface area (TPSA) is 36.9 Å². The summed E-state index contributed by atoms with van der Waals surface area (Å²) in [5.41, 5.74) is 3.03. The van der Waals surface area contributed by atoms with Crippen molar-refractivity contribution in [3.8, 4) is 0 Å². The molecule has 2 heterocycles. The number of hydrogen-bond donors (Lipinski definition) is 0. The summed E-state index contributed by atoms with van der Waals surface area (Å²) < 4.78 is 26.8. The van der Waals surface area contributed by atoms with Gasteiger partial charge in [-0.25, -0.2) is 0 Å². The van der Waals surface area contributed by atoms with E-state index in [0.717, 1.165) is 33.8 Å². The van der Waals surface area contributed by atoms with Crippen molar-refractivity contribution in [3.05, 3.63) is 144 Å². The van der Waals surface area contributed by atoms with Crippen LogP contribution in [-0.2, 0) is 32.2 Å². The zero-order valence-electron chi connectivity index (χ0n) is 21.7. The molecule has 4 aromatic rings. The van der Waals surface area contributed by atoms with Crippen LogP contribution < -0.4 is 0 Å². The average molecular weight is 537 g/mol. The van der Waals surface area contributed by atoms with Gasteiger partial charge in [-0.2, -0.15) is 0 Å². The molecular formula is C34H32O4S. The van der Waals surface area contributed by atoms with Gasteiger partial charge in [0.2, 0.25) is 0 Å². The molecule has 0 radical (unpaired) electrons. The fourth-order valence-corrected chi connectivity index (χ4v) is 6.19. The maximum absolute atomic E-state index is 6.75. The van der Waals surface area contributed by atoms with E-state index in [1.165, 1.54) is 0 Å². The molecular weight excluding hydrogens is 504 g/mol. The Kier molecular flexibility index (Phi) is 8.41. The lowest BCUT2D eigenvalue weighted by Crippen LogP contribution is -2.59. The Bertz CT molecular complexity index is 1330. The molecule has 4 aromatic carbocycles. The van der Waals surface area contributed by atoms with Crippen LogP contribution in [0.25, 0.3) is 5.76 Å². The second kappa shape index (κ2) is 12.7. The monoisotopic (exact) mass is 536 g/mol. The largest absolute Gasteiger partial charge is 0.485 e. The number of hydrogen-bond acceptors (Lipinski definition) is 5. The first-order valence-electron chi connectivity index (χ1n) is 13.4. The van der Waals surface area contributed by atoms with Gasteiger partial charge in [0.1, 0.15) is 29.5 Å². The fraction of sp³-hybridized carbons (Fsp3) is 0.235. The normalized spacial score (nSPS) is 24.3. The molecule has 0 N–H and O–H groups in total. The van der Waals surface area contributed by atoms with Gasteiger partial charge in [-0.15, -0.1) is 0 Å². The molecule has 0 aliphatic carbocycles. The summed E-state index contributed by atoms with van der Waals surface area (Å²) in [6.07, 6.45) is 1.76. The zero-order valence-corrected chi connectivity index (χ0v) is 22.5. The molecule has 0 spiro atoms. The molecule has 5 atom stereocenters. The Morgan fingerprint density at radius 1 is 0.641 bits per heavy atom. The van der Waals surface area contributed by atoms with E-state index in [4.69, 9.17) is 18.9 Å². The molecule has 2 aliphatic heterocycles. The third-order valence-corrected chi connectivity index (χ3v) is 8.17. The second-order valence-electron chi connectivity index (χ2n) is 9.75. The minimum atomic E-state index is -0.351. The lowest BCUT2D eigenvalue weighted by molar-refractivity contribution is -0.232. The van der Waals surface area contributed by atoms with Crippen LogP contribution in [0.15, 0.2) is 132 Å². The van der Waals surface area contributed by atoms with E-state index in [-0.39, 0.29) is 29.9 Å². The highest BCUT2D eigenvalue weighted by Crippen LogP contribution is 2.42. The number of rotatable bonds is 9. The minimum Gasteiger partial charge on any atom is -0.485 e. The highest BCUT2D eigenvalue weighted by atomic mass is 32.2. The number of thioether (sulfide) groups is 1. The highest BCUT2D eigenvalue weighted by Gasteiger charge is 2.50. The van der Waals surface area contributed by atoms with Gasteiger partial charge < -0.3 is 18.9 Å². The van der Waals surface area contributed by atoms with Gasteiger partial charge in [0.05, 0.1) is 13.2 Å². The molecule has 1 saturated heterocycles. The maximum Gasteiger partial charge on any atom is 0.154 e. The van der Waals surface area contributed by atoms with Crippen molar-refractivity contribution >= 4 is 17.5 Å². The van der Waals surface area contributed by atoms with E-state index in [9.17, 15) is 0 Å². The van der Waals surface area contributed by atoms with E-state index in [1.807, 2.05) is 60.7 Å². The zero-order chi connectivity index (χ0) is 26.3. The van der Waals surface area contributed by atoms with Gasteiger partial charge in [0.25, 0.3) is 0 Å². The molecule has 4 nitrogen and oxygen atoms in total. The molecule has 6 rings (SSSR count). The van der Waals surface area contributed by atoms with Crippen molar-refractivity contribution < 1.29 is 18.9 Å². The van der Waals surface area contributed by atoms with Crippen LogP contribution in [0.5, 0.6) is 0 Å². The standard InChI is InChI=1S/C34H32O4S/c1-5-13-25(14-6-1)23-35-32-31-30(22-21-29(37-31)27-17-9-3-10-18-27)38-34(39-28-19-11-4-12-20-28)33(32)36-24-26-15-7-2-8-16-26/h1-21,30-34H,22-24H2/t30-,31-,32+,33+,34-/m1/s1. The Balaban J connectivity index is 1.31.